The van der Waals surface area contributed by atoms with Crippen LogP contribution in [0.5, 0.6) is 11.5 Å². The Morgan fingerprint density at radius 2 is 1.86 bits per heavy atom. The second-order valence-corrected chi connectivity index (χ2v) is 6.91. The SMILES string of the molecule is COCCOc1ccc(NC(=O)C(C)Oc2ccc(C(C)C)c(C)c2)cc1F. The molecule has 0 spiro atoms. The van der Waals surface area contributed by atoms with Crippen LogP contribution in [-0.2, 0) is 9.53 Å². The van der Waals surface area contributed by atoms with Crippen molar-refractivity contribution in [2.24, 2.45) is 0 Å². The number of carbonyl (C=O) groups is 1. The van der Waals surface area contributed by atoms with Gasteiger partial charge in [0.1, 0.15) is 12.4 Å². The minimum atomic E-state index is -0.731. The number of amides is 1. The number of nitrogens with one attached hydrogen (secondary N) is 1. The Kier molecular flexibility index (Phi) is 7.81. The summed E-state index contributed by atoms with van der Waals surface area (Å²) >= 11 is 0. The normalized spacial score (nSPS) is 12.0. The molecule has 0 aromatic heterocycles. The Balaban J connectivity index is 1.96. The summed E-state index contributed by atoms with van der Waals surface area (Å²) in [6.45, 7) is 8.55. The minimum absolute atomic E-state index is 0.111. The Labute approximate surface area is 165 Å². The highest BCUT2D eigenvalue weighted by molar-refractivity contribution is 5.94. The topological polar surface area (TPSA) is 56.8 Å². The summed E-state index contributed by atoms with van der Waals surface area (Å²) in [5, 5.41) is 2.66. The third kappa shape index (κ3) is 5.96. The van der Waals surface area contributed by atoms with Gasteiger partial charge in [-0.2, -0.15) is 0 Å². The van der Waals surface area contributed by atoms with Gasteiger partial charge in [0.15, 0.2) is 17.7 Å². The Morgan fingerprint density at radius 3 is 2.46 bits per heavy atom. The van der Waals surface area contributed by atoms with E-state index in [0.717, 1.165) is 5.56 Å². The number of aryl methyl sites for hydroxylation is 1. The molecular weight excluding hydrogens is 361 g/mol. The van der Waals surface area contributed by atoms with E-state index in [9.17, 15) is 9.18 Å². The average molecular weight is 389 g/mol. The molecule has 1 unspecified atom stereocenters. The smallest absolute Gasteiger partial charge is 0.265 e. The highest BCUT2D eigenvalue weighted by Gasteiger charge is 2.16. The van der Waals surface area contributed by atoms with Gasteiger partial charge in [0.25, 0.3) is 5.91 Å². The lowest BCUT2D eigenvalue weighted by atomic mass is 9.98. The van der Waals surface area contributed by atoms with Crippen LogP contribution in [0, 0.1) is 12.7 Å². The Hall–Kier alpha value is -2.60. The molecule has 6 heteroatoms. The van der Waals surface area contributed by atoms with Crippen LogP contribution >= 0.6 is 0 Å². The van der Waals surface area contributed by atoms with E-state index in [2.05, 4.69) is 19.2 Å². The van der Waals surface area contributed by atoms with Gasteiger partial charge in [-0.15, -0.1) is 0 Å². The summed E-state index contributed by atoms with van der Waals surface area (Å²) in [5.74, 6) is 0.240. The third-order valence-corrected chi connectivity index (χ3v) is 4.29. The zero-order valence-electron chi connectivity index (χ0n) is 17.0. The molecule has 152 valence electrons. The van der Waals surface area contributed by atoms with Crippen LogP contribution in [0.25, 0.3) is 0 Å². The van der Waals surface area contributed by atoms with Gasteiger partial charge in [-0.05, 0) is 55.2 Å². The average Bonchev–Trinajstić information content (AvgIpc) is 2.63. The van der Waals surface area contributed by atoms with E-state index in [4.69, 9.17) is 14.2 Å². The fourth-order valence-corrected chi connectivity index (χ4v) is 2.80. The van der Waals surface area contributed by atoms with Crippen molar-refractivity contribution >= 4 is 11.6 Å². The van der Waals surface area contributed by atoms with E-state index >= 15 is 0 Å². The zero-order valence-corrected chi connectivity index (χ0v) is 17.0. The molecule has 0 aliphatic rings. The maximum atomic E-state index is 14.1. The molecule has 1 amide bonds. The van der Waals surface area contributed by atoms with Gasteiger partial charge in [-0.25, -0.2) is 4.39 Å². The Morgan fingerprint density at radius 1 is 1.11 bits per heavy atom. The predicted molar refractivity (Wildman–Crippen MR) is 108 cm³/mol. The largest absolute Gasteiger partial charge is 0.488 e. The van der Waals surface area contributed by atoms with Crippen molar-refractivity contribution in [1.29, 1.82) is 0 Å². The van der Waals surface area contributed by atoms with Crippen molar-refractivity contribution in [3.63, 3.8) is 0 Å². The number of rotatable bonds is 9. The van der Waals surface area contributed by atoms with Crippen LogP contribution < -0.4 is 14.8 Å². The molecule has 2 rings (SSSR count). The highest BCUT2D eigenvalue weighted by Crippen LogP contribution is 2.25. The van der Waals surface area contributed by atoms with Gasteiger partial charge < -0.3 is 19.5 Å². The van der Waals surface area contributed by atoms with Crippen LogP contribution in [0.1, 0.15) is 37.8 Å². The number of benzene rings is 2. The number of hydrogen-bond acceptors (Lipinski definition) is 4. The maximum Gasteiger partial charge on any atom is 0.265 e. The molecule has 1 N–H and O–H groups in total. The molecule has 0 bridgehead atoms. The van der Waals surface area contributed by atoms with Gasteiger partial charge in [-0.3, -0.25) is 4.79 Å². The second-order valence-electron chi connectivity index (χ2n) is 6.91. The number of anilines is 1. The summed E-state index contributed by atoms with van der Waals surface area (Å²) in [6.07, 6.45) is -0.731. The van der Waals surface area contributed by atoms with Crippen molar-refractivity contribution in [2.45, 2.75) is 39.7 Å². The first-order valence-electron chi connectivity index (χ1n) is 9.31. The fourth-order valence-electron chi connectivity index (χ4n) is 2.80. The first-order chi connectivity index (χ1) is 13.3. The summed E-state index contributed by atoms with van der Waals surface area (Å²) < 4.78 is 29.9. The van der Waals surface area contributed by atoms with Crippen LogP contribution in [0.15, 0.2) is 36.4 Å². The lowest BCUT2D eigenvalue weighted by Gasteiger charge is -2.17. The number of hydrogen-bond donors (Lipinski definition) is 1. The molecule has 2 aromatic rings. The molecule has 28 heavy (non-hydrogen) atoms. The second kappa shape index (κ2) is 10.1. The number of halogens is 1. The van der Waals surface area contributed by atoms with Gasteiger partial charge in [0.2, 0.25) is 0 Å². The molecule has 2 aromatic carbocycles. The van der Waals surface area contributed by atoms with E-state index in [0.29, 0.717) is 24.0 Å². The monoisotopic (exact) mass is 389 g/mol. The summed E-state index contributed by atoms with van der Waals surface area (Å²) in [6, 6.07) is 10.1. The van der Waals surface area contributed by atoms with Gasteiger partial charge in [0, 0.05) is 18.9 Å². The molecule has 0 saturated carbocycles. The lowest BCUT2D eigenvalue weighted by molar-refractivity contribution is -0.122. The van der Waals surface area contributed by atoms with Crippen LogP contribution in [0.3, 0.4) is 0 Å². The highest BCUT2D eigenvalue weighted by atomic mass is 19.1. The molecule has 0 aliphatic carbocycles. The van der Waals surface area contributed by atoms with Crippen LogP contribution in [0.2, 0.25) is 0 Å². The quantitative estimate of drug-likeness (QED) is 0.632. The summed E-state index contributed by atoms with van der Waals surface area (Å²) in [4.78, 5) is 12.4. The number of ether oxygens (including phenoxy) is 3. The summed E-state index contributed by atoms with van der Waals surface area (Å²) in [7, 11) is 1.54. The van der Waals surface area contributed by atoms with Crippen molar-refractivity contribution < 1.29 is 23.4 Å². The molecule has 0 fully saturated rings. The number of carbonyl (C=O) groups excluding carboxylic acids is 1. The molecule has 0 heterocycles. The third-order valence-electron chi connectivity index (χ3n) is 4.29. The van der Waals surface area contributed by atoms with E-state index in [-0.39, 0.29) is 18.3 Å². The van der Waals surface area contributed by atoms with Gasteiger partial charge >= 0.3 is 0 Å². The lowest BCUT2D eigenvalue weighted by Crippen LogP contribution is -2.30. The maximum absolute atomic E-state index is 14.1. The minimum Gasteiger partial charge on any atom is -0.488 e. The zero-order chi connectivity index (χ0) is 20.7. The summed E-state index contributed by atoms with van der Waals surface area (Å²) in [5.41, 5.74) is 2.70. The molecule has 5 nitrogen and oxygen atoms in total. The van der Waals surface area contributed by atoms with E-state index in [1.54, 1.807) is 20.1 Å². The van der Waals surface area contributed by atoms with Crippen LogP contribution in [-0.4, -0.2) is 32.3 Å². The van der Waals surface area contributed by atoms with Gasteiger partial charge in [-0.1, -0.05) is 19.9 Å². The fraction of sp³-hybridized carbons (Fsp3) is 0.409. The molecule has 1 atom stereocenters. The standard InChI is InChI=1S/C22H28FNO4/c1-14(2)19-8-7-18(12-15(19)3)28-16(4)22(25)24-17-6-9-21(20(23)13-17)27-11-10-26-5/h6-9,12-14,16H,10-11H2,1-5H3,(H,24,25). The number of methoxy groups -OCH3 is 1. The van der Waals surface area contributed by atoms with Crippen molar-refractivity contribution in [3.05, 3.63) is 53.3 Å². The molecule has 0 saturated heterocycles. The molecule has 0 radical (unpaired) electrons. The van der Waals surface area contributed by atoms with Crippen molar-refractivity contribution in [2.75, 3.05) is 25.6 Å². The van der Waals surface area contributed by atoms with Gasteiger partial charge in [0.05, 0.1) is 6.61 Å². The first-order valence-corrected chi connectivity index (χ1v) is 9.31. The van der Waals surface area contributed by atoms with E-state index in [1.807, 2.05) is 25.1 Å². The predicted octanol–water partition coefficient (Wildman–Crippen LogP) is 4.69. The Bertz CT molecular complexity index is 807. The molecular formula is C22H28FNO4. The van der Waals surface area contributed by atoms with Crippen molar-refractivity contribution in [1.82, 2.24) is 0 Å². The van der Waals surface area contributed by atoms with E-state index in [1.165, 1.54) is 17.7 Å². The molecule has 0 aliphatic heterocycles. The van der Waals surface area contributed by atoms with Crippen molar-refractivity contribution in [3.8, 4) is 11.5 Å². The first kappa shape index (κ1) is 21.7. The van der Waals surface area contributed by atoms with E-state index < -0.39 is 11.9 Å². The van der Waals surface area contributed by atoms with Crippen LogP contribution in [0.4, 0.5) is 10.1 Å².